The van der Waals surface area contributed by atoms with Gasteiger partial charge in [-0.1, -0.05) is 18.2 Å². The number of non-ortho nitro benzene ring substituents is 1. The van der Waals surface area contributed by atoms with Gasteiger partial charge in [0.15, 0.2) is 0 Å². The first-order valence-corrected chi connectivity index (χ1v) is 5.33. The molecule has 0 fully saturated rings. The van der Waals surface area contributed by atoms with Crippen molar-refractivity contribution < 1.29 is 9.34 Å². The summed E-state index contributed by atoms with van der Waals surface area (Å²) >= 11 is 0. The number of nitrogens with zero attached hydrogens (tertiary/aromatic N) is 2. The van der Waals surface area contributed by atoms with E-state index in [1.807, 2.05) is 12.1 Å². The first-order valence-electron chi connectivity index (χ1n) is 5.33. The third-order valence-electron chi connectivity index (χ3n) is 2.76. The van der Waals surface area contributed by atoms with E-state index in [-0.39, 0.29) is 10.6 Å². The molecule has 2 aromatic carbocycles. The zero-order valence-electron chi connectivity index (χ0n) is 9.24. The molecule has 0 amide bonds. The van der Waals surface area contributed by atoms with E-state index >= 15 is 0 Å². The van der Waals surface area contributed by atoms with Crippen LogP contribution in [-0.4, -0.2) is 9.91 Å². The summed E-state index contributed by atoms with van der Waals surface area (Å²) < 4.78 is 5.25. The fraction of sp³-hybridized carbons (Fsp3) is 0. The van der Waals surface area contributed by atoms with Crippen molar-refractivity contribution in [3.63, 3.8) is 0 Å². The van der Waals surface area contributed by atoms with Gasteiger partial charge < -0.3 is 4.42 Å². The Bertz CT molecular complexity index is 720. The van der Waals surface area contributed by atoms with Crippen LogP contribution in [0.1, 0.15) is 0 Å². The van der Waals surface area contributed by atoms with Crippen LogP contribution in [0.3, 0.4) is 0 Å². The summed E-state index contributed by atoms with van der Waals surface area (Å²) in [6.07, 6.45) is 3.02. The summed E-state index contributed by atoms with van der Waals surface area (Å²) in [5, 5.41) is 12.3. The summed E-state index contributed by atoms with van der Waals surface area (Å²) in [6, 6.07) is 10.3. The van der Waals surface area contributed by atoms with Crippen LogP contribution in [0.2, 0.25) is 0 Å². The van der Waals surface area contributed by atoms with Crippen LogP contribution >= 0.6 is 0 Å². The Morgan fingerprint density at radius 3 is 2.61 bits per heavy atom. The Morgan fingerprint density at radius 1 is 1.11 bits per heavy atom. The molecule has 0 aliphatic heterocycles. The van der Waals surface area contributed by atoms with Crippen LogP contribution in [0.5, 0.6) is 0 Å². The lowest BCUT2D eigenvalue weighted by Gasteiger charge is -2.03. The number of oxazole rings is 1. The fourth-order valence-electron chi connectivity index (χ4n) is 2.00. The topological polar surface area (TPSA) is 69.2 Å². The van der Waals surface area contributed by atoms with E-state index < -0.39 is 0 Å². The summed E-state index contributed by atoms with van der Waals surface area (Å²) in [6.45, 7) is 0. The van der Waals surface area contributed by atoms with Crippen LogP contribution < -0.4 is 0 Å². The Hall–Kier alpha value is -2.69. The normalized spacial score (nSPS) is 10.7. The van der Waals surface area contributed by atoms with E-state index in [1.54, 1.807) is 24.4 Å². The summed E-state index contributed by atoms with van der Waals surface area (Å²) in [5.41, 5.74) is 0.835. The van der Waals surface area contributed by atoms with Gasteiger partial charge in [-0.25, -0.2) is 4.98 Å². The van der Waals surface area contributed by atoms with E-state index in [0.29, 0.717) is 11.3 Å². The molecule has 1 heterocycles. The molecular formula is C13H8N2O3. The highest BCUT2D eigenvalue weighted by atomic mass is 16.6. The molecule has 5 heteroatoms. The summed E-state index contributed by atoms with van der Waals surface area (Å²) in [7, 11) is 0. The fourth-order valence-corrected chi connectivity index (χ4v) is 2.00. The van der Waals surface area contributed by atoms with Gasteiger partial charge >= 0.3 is 0 Å². The molecule has 0 aliphatic carbocycles. The average Bonchev–Trinajstić information content (AvgIpc) is 2.91. The van der Waals surface area contributed by atoms with Gasteiger partial charge in [-0.2, -0.15) is 0 Å². The Kier molecular flexibility index (Phi) is 2.30. The van der Waals surface area contributed by atoms with E-state index in [1.165, 1.54) is 12.3 Å². The molecular weight excluding hydrogens is 232 g/mol. The minimum absolute atomic E-state index is 0.0842. The Morgan fingerprint density at radius 2 is 1.89 bits per heavy atom. The molecule has 0 saturated carbocycles. The average molecular weight is 240 g/mol. The Balaban J connectivity index is 2.36. The smallest absolute Gasteiger partial charge is 0.277 e. The molecule has 0 aliphatic rings. The lowest BCUT2D eigenvalue weighted by atomic mass is 10.0. The number of nitro groups is 1. The number of fused-ring (bicyclic) bond motifs is 1. The zero-order valence-corrected chi connectivity index (χ0v) is 9.24. The number of aromatic nitrogens is 1. The highest BCUT2D eigenvalue weighted by Gasteiger charge is 2.14. The van der Waals surface area contributed by atoms with Gasteiger partial charge in [0.25, 0.3) is 5.69 Å². The third kappa shape index (κ3) is 1.53. The van der Waals surface area contributed by atoms with Crippen molar-refractivity contribution in [3.8, 4) is 11.5 Å². The number of benzene rings is 2. The maximum atomic E-state index is 11.0. The van der Waals surface area contributed by atoms with Gasteiger partial charge in [-0.05, 0) is 12.1 Å². The number of nitro benzene ring substituents is 1. The molecule has 3 aromatic rings. The van der Waals surface area contributed by atoms with Gasteiger partial charge in [0.05, 0.1) is 16.5 Å². The van der Waals surface area contributed by atoms with Crippen molar-refractivity contribution in [2.45, 2.75) is 0 Å². The van der Waals surface area contributed by atoms with E-state index in [0.717, 1.165) is 10.9 Å². The number of hydrogen-bond acceptors (Lipinski definition) is 4. The van der Waals surface area contributed by atoms with E-state index in [9.17, 15) is 10.1 Å². The van der Waals surface area contributed by atoms with Gasteiger partial charge in [0.1, 0.15) is 6.26 Å². The molecule has 0 spiro atoms. The van der Waals surface area contributed by atoms with Crippen molar-refractivity contribution in [3.05, 3.63) is 59.0 Å². The van der Waals surface area contributed by atoms with Crippen LogP contribution in [0.25, 0.3) is 22.2 Å². The quantitative estimate of drug-likeness (QED) is 0.508. The van der Waals surface area contributed by atoms with Gasteiger partial charge in [-0.3, -0.25) is 10.1 Å². The molecule has 88 valence electrons. The van der Waals surface area contributed by atoms with E-state index in [2.05, 4.69) is 4.98 Å². The molecule has 1 aromatic heterocycles. The molecule has 0 radical (unpaired) electrons. The molecule has 0 unspecified atom stereocenters. The minimum Gasteiger partial charge on any atom is -0.445 e. The molecule has 0 saturated heterocycles. The second-order valence-electron chi connectivity index (χ2n) is 3.77. The molecule has 5 nitrogen and oxygen atoms in total. The second kappa shape index (κ2) is 3.96. The maximum absolute atomic E-state index is 11.0. The van der Waals surface area contributed by atoms with Crippen molar-refractivity contribution in [1.82, 2.24) is 4.98 Å². The predicted octanol–water partition coefficient (Wildman–Crippen LogP) is 3.40. The standard InChI is InChI=1S/C13H8N2O3/c16-15(17)12-6-2-3-9-10(12)4-1-5-11(9)13-14-7-8-18-13/h1-8H. The first-order chi connectivity index (χ1) is 8.77. The van der Waals surface area contributed by atoms with Crippen LogP contribution in [0, 0.1) is 10.1 Å². The van der Waals surface area contributed by atoms with Crippen molar-refractivity contribution in [1.29, 1.82) is 0 Å². The van der Waals surface area contributed by atoms with Gasteiger partial charge in [0.2, 0.25) is 5.89 Å². The highest BCUT2D eigenvalue weighted by molar-refractivity contribution is 5.99. The first kappa shape index (κ1) is 10.5. The van der Waals surface area contributed by atoms with Crippen LogP contribution in [0.4, 0.5) is 5.69 Å². The number of rotatable bonds is 2. The van der Waals surface area contributed by atoms with Crippen LogP contribution in [-0.2, 0) is 0 Å². The van der Waals surface area contributed by atoms with Crippen LogP contribution in [0.15, 0.2) is 53.3 Å². The van der Waals surface area contributed by atoms with E-state index in [4.69, 9.17) is 4.42 Å². The molecule has 0 N–H and O–H groups in total. The summed E-state index contributed by atoms with van der Waals surface area (Å²) in [5.74, 6) is 0.459. The Labute approximate surface area is 102 Å². The van der Waals surface area contributed by atoms with Crippen molar-refractivity contribution in [2.75, 3.05) is 0 Å². The second-order valence-corrected chi connectivity index (χ2v) is 3.77. The SMILES string of the molecule is O=[N+]([O-])c1cccc2c(-c3ncco3)cccc12. The van der Waals surface area contributed by atoms with Gasteiger partial charge in [0, 0.05) is 17.0 Å². The molecule has 3 rings (SSSR count). The largest absolute Gasteiger partial charge is 0.445 e. The van der Waals surface area contributed by atoms with Gasteiger partial charge in [-0.15, -0.1) is 0 Å². The van der Waals surface area contributed by atoms with Crippen molar-refractivity contribution in [2.24, 2.45) is 0 Å². The lowest BCUT2D eigenvalue weighted by molar-refractivity contribution is -0.383. The lowest BCUT2D eigenvalue weighted by Crippen LogP contribution is -1.90. The zero-order chi connectivity index (χ0) is 12.5. The monoisotopic (exact) mass is 240 g/mol. The third-order valence-corrected chi connectivity index (χ3v) is 2.76. The number of hydrogen-bond donors (Lipinski definition) is 0. The van der Waals surface area contributed by atoms with Crippen molar-refractivity contribution >= 4 is 16.5 Å². The minimum atomic E-state index is -0.387. The highest BCUT2D eigenvalue weighted by Crippen LogP contribution is 2.32. The molecule has 18 heavy (non-hydrogen) atoms. The molecule has 0 atom stereocenters. The molecule has 0 bridgehead atoms. The predicted molar refractivity (Wildman–Crippen MR) is 66.1 cm³/mol. The summed E-state index contributed by atoms with van der Waals surface area (Å²) in [4.78, 5) is 14.7. The maximum Gasteiger partial charge on any atom is 0.277 e.